The van der Waals surface area contributed by atoms with Crippen molar-refractivity contribution in [1.29, 1.82) is 0 Å². The van der Waals surface area contributed by atoms with Crippen molar-refractivity contribution in [3.63, 3.8) is 0 Å². The van der Waals surface area contributed by atoms with Crippen molar-refractivity contribution in [3.8, 4) is 0 Å². The SMILES string of the molecule is Cl.Cn1cc(S(=O)(=O)NCC(=O)N2CCCC(N3CCNCC3=O)C2)cn1. The highest BCUT2D eigenvalue weighted by atomic mass is 35.5. The summed E-state index contributed by atoms with van der Waals surface area (Å²) in [5, 5.41) is 6.86. The minimum Gasteiger partial charge on any atom is -0.339 e. The Hall–Kier alpha value is -1.69. The smallest absolute Gasteiger partial charge is 0.244 e. The van der Waals surface area contributed by atoms with Gasteiger partial charge < -0.3 is 15.1 Å². The third kappa shape index (κ3) is 5.18. The fraction of sp³-hybridized carbons (Fsp3) is 0.667. The number of rotatable bonds is 5. The van der Waals surface area contributed by atoms with Gasteiger partial charge in [0.25, 0.3) is 0 Å². The monoisotopic (exact) mass is 420 g/mol. The fourth-order valence-electron chi connectivity index (χ4n) is 3.33. The Labute approximate surface area is 164 Å². The van der Waals surface area contributed by atoms with Crippen LogP contribution in [-0.4, -0.2) is 85.1 Å². The minimum atomic E-state index is -3.77. The second kappa shape index (κ2) is 9.00. The maximum Gasteiger partial charge on any atom is 0.244 e. The van der Waals surface area contributed by atoms with E-state index < -0.39 is 10.0 Å². The molecule has 1 aromatic rings. The van der Waals surface area contributed by atoms with E-state index in [1.807, 2.05) is 4.90 Å². The number of piperidine rings is 1. The van der Waals surface area contributed by atoms with E-state index in [0.717, 1.165) is 19.4 Å². The number of hydrogen-bond acceptors (Lipinski definition) is 6. The highest BCUT2D eigenvalue weighted by Gasteiger charge is 2.31. The molecule has 2 aliphatic heterocycles. The van der Waals surface area contributed by atoms with Crippen LogP contribution in [0.25, 0.3) is 0 Å². The van der Waals surface area contributed by atoms with Crippen molar-refractivity contribution in [3.05, 3.63) is 12.4 Å². The molecule has 2 amide bonds. The molecule has 152 valence electrons. The number of amides is 2. The average molecular weight is 421 g/mol. The Bertz CT molecular complexity index is 783. The van der Waals surface area contributed by atoms with Gasteiger partial charge in [0, 0.05) is 45.5 Å². The summed E-state index contributed by atoms with van der Waals surface area (Å²) in [6.45, 7) is 2.43. The molecule has 2 aliphatic rings. The molecule has 0 aliphatic carbocycles. The third-order valence-electron chi connectivity index (χ3n) is 4.72. The summed E-state index contributed by atoms with van der Waals surface area (Å²) >= 11 is 0. The van der Waals surface area contributed by atoms with E-state index in [9.17, 15) is 18.0 Å². The minimum absolute atomic E-state index is 0. The van der Waals surface area contributed by atoms with Gasteiger partial charge in [-0.25, -0.2) is 13.1 Å². The molecule has 10 nitrogen and oxygen atoms in total. The van der Waals surface area contributed by atoms with Gasteiger partial charge >= 0.3 is 0 Å². The zero-order valence-electron chi connectivity index (χ0n) is 15.1. The summed E-state index contributed by atoms with van der Waals surface area (Å²) < 4.78 is 28.1. The highest BCUT2D eigenvalue weighted by molar-refractivity contribution is 7.89. The quantitative estimate of drug-likeness (QED) is 0.601. The molecule has 0 aromatic carbocycles. The Morgan fingerprint density at radius 1 is 1.41 bits per heavy atom. The maximum absolute atomic E-state index is 12.5. The molecule has 2 fully saturated rings. The first-order valence-electron chi connectivity index (χ1n) is 8.63. The van der Waals surface area contributed by atoms with E-state index in [-0.39, 0.29) is 41.7 Å². The first kappa shape index (κ1) is 21.6. The lowest BCUT2D eigenvalue weighted by Gasteiger charge is -2.41. The lowest BCUT2D eigenvalue weighted by molar-refractivity contribution is -0.139. The maximum atomic E-state index is 12.5. The molecule has 0 bridgehead atoms. The summed E-state index contributed by atoms with van der Waals surface area (Å²) in [6, 6.07) is -0.00256. The summed E-state index contributed by atoms with van der Waals surface area (Å²) in [7, 11) is -2.15. The Balaban J connectivity index is 0.00000261. The van der Waals surface area contributed by atoms with Gasteiger partial charge in [0.2, 0.25) is 21.8 Å². The van der Waals surface area contributed by atoms with E-state index in [1.165, 1.54) is 17.1 Å². The molecule has 0 spiro atoms. The predicted octanol–water partition coefficient (Wildman–Crippen LogP) is -1.46. The number of aryl methyl sites for hydroxylation is 1. The largest absolute Gasteiger partial charge is 0.339 e. The second-order valence-electron chi connectivity index (χ2n) is 6.57. The van der Waals surface area contributed by atoms with Gasteiger partial charge in [-0.2, -0.15) is 5.10 Å². The lowest BCUT2D eigenvalue weighted by Crippen LogP contribution is -2.58. The Morgan fingerprint density at radius 3 is 2.85 bits per heavy atom. The van der Waals surface area contributed by atoms with Gasteiger partial charge in [-0.3, -0.25) is 14.3 Å². The normalized spacial score (nSPS) is 21.1. The van der Waals surface area contributed by atoms with Gasteiger partial charge in [0.05, 0.1) is 19.3 Å². The number of carbonyl (C=O) groups excluding carboxylic acids is 2. The second-order valence-corrected chi connectivity index (χ2v) is 8.34. The van der Waals surface area contributed by atoms with Crippen molar-refractivity contribution in [1.82, 2.24) is 29.6 Å². The predicted molar refractivity (Wildman–Crippen MR) is 99.8 cm³/mol. The van der Waals surface area contributed by atoms with Crippen molar-refractivity contribution < 1.29 is 18.0 Å². The van der Waals surface area contributed by atoms with Crippen LogP contribution in [0.3, 0.4) is 0 Å². The van der Waals surface area contributed by atoms with Crippen LogP contribution in [0.2, 0.25) is 0 Å². The lowest BCUT2D eigenvalue weighted by atomic mass is 10.0. The van der Waals surface area contributed by atoms with Crippen LogP contribution >= 0.6 is 12.4 Å². The molecular formula is C15H25ClN6O4S. The van der Waals surface area contributed by atoms with Crippen molar-refractivity contribution in [2.24, 2.45) is 7.05 Å². The van der Waals surface area contributed by atoms with E-state index in [4.69, 9.17) is 0 Å². The fourth-order valence-corrected chi connectivity index (χ4v) is 4.29. The molecule has 1 unspecified atom stereocenters. The Kier molecular flexibility index (Phi) is 7.20. The highest BCUT2D eigenvalue weighted by Crippen LogP contribution is 2.17. The molecule has 27 heavy (non-hydrogen) atoms. The van der Waals surface area contributed by atoms with Crippen LogP contribution in [0.4, 0.5) is 0 Å². The van der Waals surface area contributed by atoms with Crippen LogP contribution in [-0.2, 0) is 26.7 Å². The average Bonchev–Trinajstić information content (AvgIpc) is 3.08. The first-order valence-corrected chi connectivity index (χ1v) is 10.1. The number of carbonyl (C=O) groups is 2. The number of halogens is 1. The number of hydrogen-bond donors (Lipinski definition) is 2. The van der Waals surface area contributed by atoms with E-state index in [1.54, 1.807) is 11.9 Å². The summed E-state index contributed by atoms with van der Waals surface area (Å²) in [6.07, 6.45) is 4.26. The van der Waals surface area contributed by atoms with Crippen LogP contribution in [0, 0.1) is 0 Å². The number of likely N-dealkylation sites (tertiary alicyclic amines) is 1. The van der Waals surface area contributed by atoms with Crippen molar-refractivity contribution in [2.45, 2.75) is 23.8 Å². The molecule has 3 heterocycles. The number of piperazine rings is 1. The number of sulfonamides is 1. The van der Waals surface area contributed by atoms with Crippen molar-refractivity contribution >= 4 is 34.2 Å². The molecule has 2 saturated heterocycles. The van der Waals surface area contributed by atoms with Crippen LogP contribution < -0.4 is 10.0 Å². The Morgan fingerprint density at radius 2 is 2.19 bits per heavy atom. The molecule has 12 heteroatoms. The molecule has 0 saturated carbocycles. The standard InChI is InChI=1S/C15H24N6O4S.ClH/c1-19-11-13(7-17-19)26(24,25)18-9-14(22)20-5-2-3-12(10-20)21-6-4-16-8-15(21)23;/h7,11-12,16,18H,2-6,8-10H2,1H3;1H. The molecule has 2 N–H and O–H groups in total. The van der Waals surface area contributed by atoms with Crippen LogP contribution in [0.5, 0.6) is 0 Å². The molecule has 1 aromatic heterocycles. The van der Waals surface area contributed by atoms with Gasteiger partial charge in [-0.15, -0.1) is 12.4 Å². The zero-order chi connectivity index (χ0) is 18.7. The van der Waals surface area contributed by atoms with E-state index >= 15 is 0 Å². The summed E-state index contributed by atoms with van der Waals surface area (Å²) in [5.41, 5.74) is 0. The van der Waals surface area contributed by atoms with Gasteiger partial charge in [0.15, 0.2) is 0 Å². The van der Waals surface area contributed by atoms with E-state index in [0.29, 0.717) is 26.2 Å². The molecule has 0 radical (unpaired) electrons. The summed E-state index contributed by atoms with van der Waals surface area (Å²) in [5.74, 6) is -0.238. The van der Waals surface area contributed by atoms with Crippen LogP contribution in [0.1, 0.15) is 12.8 Å². The molecule has 3 rings (SSSR count). The first-order chi connectivity index (χ1) is 12.4. The van der Waals surface area contributed by atoms with E-state index in [2.05, 4.69) is 15.1 Å². The van der Waals surface area contributed by atoms with Gasteiger partial charge in [-0.1, -0.05) is 0 Å². The molecular weight excluding hydrogens is 396 g/mol. The number of nitrogens with zero attached hydrogens (tertiary/aromatic N) is 4. The van der Waals surface area contributed by atoms with Crippen molar-refractivity contribution in [2.75, 3.05) is 39.3 Å². The molecule has 1 atom stereocenters. The number of nitrogens with one attached hydrogen (secondary N) is 2. The zero-order valence-corrected chi connectivity index (χ0v) is 16.8. The van der Waals surface area contributed by atoms with Gasteiger partial charge in [0.1, 0.15) is 4.90 Å². The van der Waals surface area contributed by atoms with Gasteiger partial charge in [-0.05, 0) is 12.8 Å². The van der Waals surface area contributed by atoms with Crippen LogP contribution in [0.15, 0.2) is 17.3 Å². The third-order valence-corrected chi connectivity index (χ3v) is 6.08. The summed E-state index contributed by atoms with van der Waals surface area (Å²) in [4.78, 5) is 28.0. The number of aromatic nitrogens is 2. The topological polar surface area (TPSA) is 117 Å².